The first kappa shape index (κ1) is 20.5. The van der Waals surface area contributed by atoms with Gasteiger partial charge in [-0.05, 0) is 26.7 Å². The topological polar surface area (TPSA) is 126 Å². The molecule has 3 aromatic rings. The number of nitrogens with one attached hydrogen (secondary N) is 3. The van der Waals surface area contributed by atoms with Crippen LogP contribution in [0, 0.1) is 5.92 Å². The van der Waals surface area contributed by atoms with Gasteiger partial charge in [0.05, 0.1) is 11.9 Å². The molecule has 0 atom stereocenters. The molecule has 11 heteroatoms. The first-order valence-corrected chi connectivity index (χ1v) is 10.1. The summed E-state index contributed by atoms with van der Waals surface area (Å²) in [5.41, 5.74) is 1.12. The maximum atomic E-state index is 13.1. The molecule has 3 heterocycles. The number of hydrogen-bond donors (Lipinski definition) is 3. The van der Waals surface area contributed by atoms with Gasteiger partial charge in [0.15, 0.2) is 24.1 Å². The first-order chi connectivity index (χ1) is 14.8. The van der Waals surface area contributed by atoms with Gasteiger partial charge in [-0.15, -0.1) is 19.4 Å². The molecule has 0 aromatic carbocycles. The third-order valence-electron chi connectivity index (χ3n) is 5.21. The number of nitrogens with zero attached hydrogens (tertiary/aromatic N) is 5. The average molecular weight is 425 g/mol. The van der Waals surface area contributed by atoms with Crippen LogP contribution in [0.15, 0.2) is 29.5 Å². The molecule has 1 saturated carbocycles. The number of anilines is 3. The number of hydrogen-bond acceptors (Lipinski definition) is 6. The van der Waals surface area contributed by atoms with Gasteiger partial charge in [0.1, 0.15) is 5.69 Å². The lowest BCUT2D eigenvalue weighted by Gasteiger charge is -2.11. The lowest BCUT2D eigenvalue weighted by atomic mass is 10.2. The van der Waals surface area contributed by atoms with Crippen LogP contribution in [0.4, 0.5) is 17.2 Å². The van der Waals surface area contributed by atoms with Crippen LogP contribution in [-0.2, 0) is 11.8 Å². The first-order valence-electron chi connectivity index (χ1n) is 10.1. The van der Waals surface area contributed by atoms with E-state index in [4.69, 9.17) is 0 Å². The van der Waals surface area contributed by atoms with E-state index in [1.165, 1.54) is 7.05 Å². The van der Waals surface area contributed by atoms with Crippen molar-refractivity contribution in [1.82, 2.24) is 24.6 Å². The zero-order valence-electron chi connectivity index (χ0n) is 17.8. The monoisotopic (exact) mass is 425 g/mol. The fraction of sp³-hybridized carbons (Fsp3) is 0.400. The number of aryl methyl sites for hydroxylation is 1. The normalized spacial score (nSPS) is 13.5. The van der Waals surface area contributed by atoms with Crippen molar-refractivity contribution in [1.29, 1.82) is 0 Å². The van der Waals surface area contributed by atoms with Gasteiger partial charge in [-0.2, -0.15) is 0 Å². The van der Waals surface area contributed by atoms with Crippen LogP contribution in [0.3, 0.4) is 0 Å². The summed E-state index contributed by atoms with van der Waals surface area (Å²) in [5.74, 6) is -0.323. The van der Waals surface area contributed by atoms with Crippen molar-refractivity contribution in [2.24, 2.45) is 13.0 Å². The van der Waals surface area contributed by atoms with Crippen LogP contribution in [0.2, 0.25) is 0 Å². The molecule has 3 N–H and O–H groups in total. The van der Waals surface area contributed by atoms with Crippen LogP contribution in [-0.4, -0.2) is 38.1 Å². The summed E-state index contributed by atoms with van der Waals surface area (Å²) < 4.78 is 5.10. The van der Waals surface area contributed by atoms with Crippen molar-refractivity contribution >= 4 is 34.5 Å². The maximum Gasteiger partial charge on any atom is 0.283 e. The molecule has 31 heavy (non-hydrogen) atoms. The molecule has 0 aliphatic heterocycles. The Hall–Kier alpha value is -3.76. The predicted octanol–water partition coefficient (Wildman–Crippen LogP) is 0.748. The zero-order chi connectivity index (χ0) is 22.3. The third-order valence-corrected chi connectivity index (χ3v) is 5.21. The van der Waals surface area contributed by atoms with Gasteiger partial charge >= 0.3 is 0 Å². The molecular weight excluding hydrogens is 400 g/mol. The minimum atomic E-state index is -0.442. The van der Waals surface area contributed by atoms with Crippen molar-refractivity contribution in [2.45, 2.75) is 32.7 Å². The second-order valence-electron chi connectivity index (χ2n) is 7.87. The highest BCUT2D eigenvalue weighted by Gasteiger charge is 2.30. The number of rotatable bonds is 6. The van der Waals surface area contributed by atoms with Gasteiger partial charge in [0.25, 0.3) is 11.5 Å². The largest absolute Gasteiger partial charge is 0.354 e. The van der Waals surface area contributed by atoms with E-state index in [0.29, 0.717) is 16.9 Å². The molecule has 0 saturated heterocycles. The van der Waals surface area contributed by atoms with E-state index in [0.717, 1.165) is 12.8 Å². The number of aromatic nitrogens is 5. The van der Waals surface area contributed by atoms with Crippen LogP contribution in [0.1, 0.15) is 43.2 Å². The van der Waals surface area contributed by atoms with Crippen molar-refractivity contribution in [2.75, 3.05) is 17.7 Å². The molecule has 0 unspecified atom stereocenters. The van der Waals surface area contributed by atoms with Gasteiger partial charge in [0, 0.05) is 31.3 Å². The minimum Gasteiger partial charge on any atom is -0.354 e. The molecule has 1 fully saturated rings. The second kappa shape index (κ2) is 7.82. The Bertz CT molecular complexity index is 1240. The highest BCUT2D eigenvalue weighted by atomic mass is 16.2. The molecule has 2 amide bonds. The van der Waals surface area contributed by atoms with E-state index in [2.05, 4.69) is 26.1 Å². The number of amides is 2. The number of fused-ring (bicyclic) bond motifs is 1. The molecule has 0 spiro atoms. The summed E-state index contributed by atoms with van der Waals surface area (Å²) >= 11 is 0. The number of carbonyl (C=O) groups excluding carboxylic acids is 2. The van der Waals surface area contributed by atoms with Gasteiger partial charge in [-0.25, -0.2) is 0 Å². The van der Waals surface area contributed by atoms with Crippen LogP contribution in [0.5, 0.6) is 0 Å². The van der Waals surface area contributed by atoms with Crippen molar-refractivity contribution in [3.63, 3.8) is 0 Å². The molecule has 0 radical (unpaired) electrons. The summed E-state index contributed by atoms with van der Waals surface area (Å²) in [7, 11) is 3.30. The van der Waals surface area contributed by atoms with E-state index in [1.807, 2.05) is 20.9 Å². The van der Waals surface area contributed by atoms with E-state index in [1.54, 1.807) is 38.4 Å². The minimum absolute atomic E-state index is 0.000735. The SMILES string of the molecule is CNC(=O)c1nnc(NC(=O)C2CC2)cc1Nc1c[n+](C)n2ccn(C(C)C)c(=O)c12. The van der Waals surface area contributed by atoms with E-state index >= 15 is 0 Å². The third kappa shape index (κ3) is 3.86. The summed E-state index contributed by atoms with van der Waals surface area (Å²) in [5, 5.41) is 16.4. The quantitative estimate of drug-likeness (QED) is 0.500. The Kier molecular flexibility index (Phi) is 5.17. The van der Waals surface area contributed by atoms with E-state index in [-0.39, 0.29) is 34.9 Å². The number of carbonyl (C=O) groups is 2. The zero-order valence-corrected chi connectivity index (χ0v) is 17.8. The molecule has 11 nitrogen and oxygen atoms in total. The van der Waals surface area contributed by atoms with Gasteiger partial charge in [-0.1, -0.05) is 0 Å². The average Bonchev–Trinajstić information content (AvgIpc) is 3.53. The Balaban J connectivity index is 1.79. The molecular formula is C20H25N8O3+. The molecule has 1 aliphatic carbocycles. The Morgan fingerprint density at radius 3 is 2.58 bits per heavy atom. The molecule has 4 rings (SSSR count). The van der Waals surface area contributed by atoms with E-state index < -0.39 is 5.91 Å². The molecule has 3 aromatic heterocycles. The standard InChI is InChI=1S/C20H24N8O3/c1-11(2)27-7-8-28-17(20(27)31)14(10-26(28)4)22-13-9-15(23-18(29)12-5-6-12)24-25-16(13)19(30)21-3/h7-12H,5-6H2,1-4H3,(H2-,21,22,23,24,29,30,31)/p+1. The van der Waals surface area contributed by atoms with Crippen molar-refractivity contribution in [3.8, 4) is 0 Å². The smallest absolute Gasteiger partial charge is 0.283 e. The van der Waals surface area contributed by atoms with Crippen LogP contribution >= 0.6 is 0 Å². The Labute approximate surface area is 178 Å². The maximum absolute atomic E-state index is 13.1. The molecule has 162 valence electrons. The molecule has 0 bridgehead atoms. The van der Waals surface area contributed by atoms with Gasteiger partial charge < -0.3 is 20.5 Å². The summed E-state index contributed by atoms with van der Waals surface area (Å²) in [4.78, 5) is 37.5. The fourth-order valence-electron chi connectivity index (χ4n) is 3.36. The fourth-order valence-corrected chi connectivity index (χ4v) is 3.36. The summed E-state index contributed by atoms with van der Waals surface area (Å²) in [6.07, 6.45) is 7.00. The van der Waals surface area contributed by atoms with Crippen molar-refractivity contribution < 1.29 is 14.3 Å². The summed E-state index contributed by atoms with van der Waals surface area (Å²) in [6, 6.07) is 1.53. The molecule has 1 aliphatic rings. The van der Waals surface area contributed by atoms with Crippen molar-refractivity contribution in [3.05, 3.63) is 40.7 Å². The Morgan fingerprint density at radius 2 is 1.94 bits per heavy atom. The summed E-state index contributed by atoms with van der Waals surface area (Å²) in [6.45, 7) is 3.86. The highest BCUT2D eigenvalue weighted by Crippen LogP contribution is 2.30. The van der Waals surface area contributed by atoms with Gasteiger partial charge in [0.2, 0.25) is 12.1 Å². The van der Waals surface area contributed by atoms with E-state index in [9.17, 15) is 14.4 Å². The van der Waals surface area contributed by atoms with Crippen LogP contribution in [0.25, 0.3) is 5.52 Å². The van der Waals surface area contributed by atoms with Crippen LogP contribution < -0.4 is 26.2 Å². The second-order valence-corrected chi connectivity index (χ2v) is 7.87. The predicted molar refractivity (Wildman–Crippen MR) is 113 cm³/mol. The lowest BCUT2D eigenvalue weighted by molar-refractivity contribution is -0.737. The highest BCUT2D eigenvalue weighted by molar-refractivity contribution is 6.00. The van der Waals surface area contributed by atoms with Gasteiger partial charge in [-0.3, -0.25) is 14.4 Å². The lowest BCUT2D eigenvalue weighted by Crippen LogP contribution is -2.36. The Morgan fingerprint density at radius 1 is 1.19 bits per heavy atom.